The fraction of sp³-hybridized carbons (Fsp3) is 0.263. The second kappa shape index (κ2) is 8.42. The first kappa shape index (κ1) is 19.9. The van der Waals surface area contributed by atoms with Crippen LogP contribution in [0.5, 0.6) is 5.75 Å². The number of hydrogen-bond donors (Lipinski definition) is 1. The summed E-state index contributed by atoms with van der Waals surface area (Å²) in [6.07, 6.45) is -0.250. The maximum Gasteiger partial charge on any atom is 0.305 e. The Kier molecular flexibility index (Phi) is 6.19. The molecule has 1 heterocycles. The summed E-state index contributed by atoms with van der Waals surface area (Å²) in [5, 5.41) is 9.31. The number of fused-ring (bicyclic) bond motifs is 1. The minimum absolute atomic E-state index is 0.245. The number of carboxylic acid groups (broad SMARTS) is 1. The topological polar surface area (TPSA) is 66.8 Å². The second-order valence-electron chi connectivity index (χ2n) is 5.94. The molecule has 1 aliphatic heterocycles. The largest absolute Gasteiger partial charge is 0.494 e. The summed E-state index contributed by atoms with van der Waals surface area (Å²) >= 11 is 13.3. The van der Waals surface area contributed by atoms with Gasteiger partial charge in [0.15, 0.2) is 0 Å². The Morgan fingerprint density at radius 1 is 1.22 bits per heavy atom. The lowest BCUT2D eigenvalue weighted by Crippen LogP contribution is -2.41. The van der Waals surface area contributed by atoms with Gasteiger partial charge in [0.05, 0.1) is 40.6 Å². The van der Waals surface area contributed by atoms with Crippen LogP contribution >= 0.6 is 35.0 Å². The van der Waals surface area contributed by atoms with Crippen molar-refractivity contribution in [2.75, 3.05) is 11.5 Å². The summed E-state index contributed by atoms with van der Waals surface area (Å²) in [5.74, 6) is -0.577. The number of anilines is 1. The lowest BCUT2D eigenvalue weighted by Gasteiger charge is -2.33. The SMILES string of the molecule is CCOc1ccc2c(c1)SC(CC(=O)O)C(=O)N2Cc1ccc(Cl)c(Cl)c1. The number of carbonyl (C=O) groups is 2. The quantitative estimate of drug-likeness (QED) is 0.714. The highest BCUT2D eigenvalue weighted by Gasteiger charge is 2.35. The van der Waals surface area contributed by atoms with Crippen LogP contribution in [0.4, 0.5) is 5.69 Å². The normalized spacial score (nSPS) is 16.2. The molecule has 0 radical (unpaired) electrons. The van der Waals surface area contributed by atoms with Crippen molar-refractivity contribution in [3.05, 3.63) is 52.0 Å². The molecule has 0 saturated heterocycles. The van der Waals surface area contributed by atoms with Crippen LogP contribution in [0.3, 0.4) is 0 Å². The van der Waals surface area contributed by atoms with E-state index >= 15 is 0 Å². The van der Waals surface area contributed by atoms with Crippen molar-refractivity contribution in [2.24, 2.45) is 0 Å². The number of carbonyl (C=O) groups excluding carboxylic acids is 1. The van der Waals surface area contributed by atoms with Gasteiger partial charge >= 0.3 is 5.97 Å². The van der Waals surface area contributed by atoms with Crippen molar-refractivity contribution in [3.8, 4) is 5.75 Å². The smallest absolute Gasteiger partial charge is 0.305 e. The number of carboxylic acids is 1. The standard InChI is InChI=1S/C19H17Cl2NO4S/c1-2-26-12-4-6-15-16(8-12)27-17(9-18(23)24)19(25)22(15)10-11-3-5-13(20)14(21)7-11/h3-8,17H,2,9-10H2,1H3,(H,23,24). The molecule has 27 heavy (non-hydrogen) atoms. The maximum absolute atomic E-state index is 12.9. The summed E-state index contributed by atoms with van der Waals surface area (Å²) in [7, 11) is 0. The van der Waals surface area contributed by atoms with Gasteiger partial charge in [-0.3, -0.25) is 9.59 Å². The van der Waals surface area contributed by atoms with E-state index in [1.807, 2.05) is 19.1 Å². The number of ether oxygens (including phenoxy) is 1. The second-order valence-corrected chi connectivity index (χ2v) is 8.00. The third-order valence-electron chi connectivity index (χ3n) is 4.03. The molecule has 0 fully saturated rings. The average Bonchev–Trinajstić information content (AvgIpc) is 2.61. The zero-order valence-electron chi connectivity index (χ0n) is 14.4. The Labute approximate surface area is 171 Å². The molecule has 1 amide bonds. The number of nitrogens with zero attached hydrogens (tertiary/aromatic N) is 1. The molecule has 2 aromatic rings. The van der Waals surface area contributed by atoms with E-state index in [2.05, 4.69) is 0 Å². The van der Waals surface area contributed by atoms with Crippen molar-refractivity contribution in [2.45, 2.75) is 30.0 Å². The fourth-order valence-electron chi connectivity index (χ4n) is 2.84. The first-order valence-electron chi connectivity index (χ1n) is 8.29. The number of aliphatic carboxylic acids is 1. The molecule has 0 aliphatic carbocycles. The highest BCUT2D eigenvalue weighted by atomic mass is 35.5. The highest BCUT2D eigenvalue weighted by molar-refractivity contribution is 8.01. The van der Waals surface area contributed by atoms with Crippen LogP contribution in [-0.2, 0) is 16.1 Å². The average molecular weight is 426 g/mol. The first-order valence-corrected chi connectivity index (χ1v) is 9.93. The van der Waals surface area contributed by atoms with Crippen molar-refractivity contribution >= 4 is 52.5 Å². The Morgan fingerprint density at radius 2 is 2.00 bits per heavy atom. The molecule has 3 rings (SSSR count). The maximum atomic E-state index is 12.9. The van der Waals surface area contributed by atoms with E-state index in [1.54, 1.807) is 29.2 Å². The summed E-state index contributed by atoms with van der Waals surface area (Å²) in [6.45, 7) is 2.68. The number of rotatable bonds is 6. The lowest BCUT2D eigenvalue weighted by atomic mass is 10.1. The Bertz CT molecular complexity index is 890. The summed E-state index contributed by atoms with van der Waals surface area (Å²) in [4.78, 5) is 26.5. The zero-order valence-corrected chi connectivity index (χ0v) is 16.8. The summed E-state index contributed by atoms with van der Waals surface area (Å²) < 4.78 is 5.53. The molecule has 0 bridgehead atoms. The van der Waals surface area contributed by atoms with E-state index in [-0.39, 0.29) is 18.9 Å². The Morgan fingerprint density at radius 3 is 2.67 bits per heavy atom. The van der Waals surface area contributed by atoms with E-state index in [1.165, 1.54) is 11.8 Å². The van der Waals surface area contributed by atoms with Crippen molar-refractivity contribution in [3.63, 3.8) is 0 Å². The Balaban J connectivity index is 1.98. The van der Waals surface area contributed by atoms with E-state index < -0.39 is 11.2 Å². The third kappa shape index (κ3) is 4.51. The number of thioether (sulfide) groups is 1. The molecule has 8 heteroatoms. The number of hydrogen-bond acceptors (Lipinski definition) is 4. The molecule has 142 valence electrons. The van der Waals surface area contributed by atoms with Gasteiger partial charge < -0.3 is 14.7 Å². The summed E-state index contributed by atoms with van der Waals surface area (Å²) in [5.41, 5.74) is 1.53. The minimum atomic E-state index is -1.01. The van der Waals surface area contributed by atoms with Crippen LogP contribution < -0.4 is 9.64 Å². The summed E-state index contributed by atoms with van der Waals surface area (Å²) in [6, 6.07) is 10.6. The molecule has 2 aromatic carbocycles. The van der Waals surface area contributed by atoms with E-state index in [4.69, 9.17) is 27.9 Å². The van der Waals surface area contributed by atoms with Gasteiger partial charge in [-0.15, -0.1) is 11.8 Å². The van der Waals surface area contributed by atoms with E-state index in [0.717, 1.165) is 16.1 Å². The fourth-order valence-corrected chi connectivity index (χ4v) is 4.40. The lowest BCUT2D eigenvalue weighted by molar-refractivity contribution is -0.138. The van der Waals surface area contributed by atoms with Crippen molar-refractivity contribution < 1.29 is 19.4 Å². The van der Waals surface area contributed by atoms with Gasteiger partial charge in [0.1, 0.15) is 5.75 Å². The molecule has 1 unspecified atom stereocenters. The minimum Gasteiger partial charge on any atom is -0.494 e. The van der Waals surface area contributed by atoms with Crippen LogP contribution in [0.2, 0.25) is 10.0 Å². The molecular weight excluding hydrogens is 409 g/mol. The van der Waals surface area contributed by atoms with Gasteiger partial charge in [-0.2, -0.15) is 0 Å². The van der Waals surface area contributed by atoms with Gasteiger partial charge in [-0.25, -0.2) is 0 Å². The third-order valence-corrected chi connectivity index (χ3v) is 6.00. The Hall–Kier alpha value is -1.89. The van der Waals surface area contributed by atoms with Crippen LogP contribution in [0.1, 0.15) is 18.9 Å². The van der Waals surface area contributed by atoms with Gasteiger partial charge in [-0.05, 0) is 42.8 Å². The molecule has 5 nitrogen and oxygen atoms in total. The molecule has 0 saturated carbocycles. The predicted molar refractivity (Wildman–Crippen MR) is 107 cm³/mol. The first-order chi connectivity index (χ1) is 12.9. The van der Waals surface area contributed by atoms with Crippen LogP contribution in [0.15, 0.2) is 41.3 Å². The van der Waals surface area contributed by atoms with E-state index in [0.29, 0.717) is 22.4 Å². The predicted octanol–water partition coefficient (Wildman–Crippen LogP) is 4.87. The van der Waals surface area contributed by atoms with Gasteiger partial charge in [0.25, 0.3) is 0 Å². The monoisotopic (exact) mass is 425 g/mol. The van der Waals surface area contributed by atoms with Gasteiger partial charge in [-0.1, -0.05) is 29.3 Å². The number of benzene rings is 2. The molecule has 0 spiro atoms. The van der Waals surface area contributed by atoms with Crippen LogP contribution in [0.25, 0.3) is 0 Å². The van der Waals surface area contributed by atoms with Gasteiger partial charge in [0.2, 0.25) is 5.91 Å². The molecule has 1 N–H and O–H groups in total. The molecule has 0 aromatic heterocycles. The molecular formula is C19H17Cl2NO4S. The highest BCUT2D eigenvalue weighted by Crippen LogP contribution is 2.43. The number of halogens is 2. The molecule has 1 atom stereocenters. The van der Waals surface area contributed by atoms with Crippen molar-refractivity contribution in [1.29, 1.82) is 0 Å². The van der Waals surface area contributed by atoms with Crippen LogP contribution in [0, 0.1) is 0 Å². The zero-order chi connectivity index (χ0) is 19.6. The number of amides is 1. The van der Waals surface area contributed by atoms with Crippen molar-refractivity contribution in [1.82, 2.24) is 0 Å². The van der Waals surface area contributed by atoms with Gasteiger partial charge in [0, 0.05) is 4.90 Å². The van der Waals surface area contributed by atoms with E-state index in [9.17, 15) is 14.7 Å². The van der Waals surface area contributed by atoms with Crippen LogP contribution in [-0.4, -0.2) is 28.8 Å². The molecule has 1 aliphatic rings.